The van der Waals surface area contributed by atoms with Gasteiger partial charge in [-0.1, -0.05) is 52.5 Å². The number of anilines is 2. The summed E-state index contributed by atoms with van der Waals surface area (Å²) in [6, 6.07) is 12.0. The van der Waals surface area contributed by atoms with Gasteiger partial charge in [-0.2, -0.15) is 0 Å². The molecule has 4 rings (SSSR count). The number of carbonyl (C=O) groups excluding carboxylic acids is 1. The molecule has 0 fully saturated rings. The maximum atomic E-state index is 13.7. The number of hydrogen-bond donors (Lipinski definition) is 0. The number of rotatable bonds is 10. The van der Waals surface area contributed by atoms with Crippen molar-refractivity contribution < 1.29 is 14.3 Å². The largest absolute Gasteiger partial charge is 0.493 e. The van der Waals surface area contributed by atoms with E-state index in [0.717, 1.165) is 48.7 Å². The first-order valence-electron chi connectivity index (χ1n) is 13.6. The standard InChI is InChI=1S/C31H34Cl4N2O3/c1-7-36(8-2)19-12-14-21(18(6)16-19)31(22-15-13-20(37(9-3)10-4)17-23(22)39-11-5)25-24(30(38)40-31)26(32)28(34)29(35)27(25)33/h12-17H,7-11H2,1-6H3. The Kier molecular flexibility index (Phi) is 9.41. The van der Waals surface area contributed by atoms with Gasteiger partial charge in [0.05, 0.1) is 32.3 Å². The minimum Gasteiger partial charge on any atom is -0.493 e. The van der Waals surface area contributed by atoms with Gasteiger partial charge in [-0.3, -0.25) is 0 Å². The SMILES string of the molecule is CCOc1cc(N(CC)CC)ccc1C1(c2ccc(N(CC)CC)cc2C)OC(=O)c2c(Cl)c(Cl)c(Cl)c(Cl)c21. The summed E-state index contributed by atoms with van der Waals surface area (Å²) >= 11 is 26.6. The van der Waals surface area contributed by atoms with Gasteiger partial charge in [0.2, 0.25) is 0 Å². The van der Waals surface area contributed by atoms with Gasteiger partial charge in [0.25, 0.3) is 0 Å². The first-order valence-corrected chi connectivity index (χ1v) is 15.1. The molecule has 3 aromatic carbocycles. The Labute approximate surface area is 256 Å². The van der Waals surface area contributed by atoms with Gasteiger partial charge in [-0.05, 0) is 71.4 Å². The quantitative estimate of drug-likeness (QED) is 0.128. The second-order valence-corrected chi connectivity index (χ2v) is 11.0. The second-order valence-electron chi connectivity index (χ2n) is 9.53. The summed E-state index contributed by atoms with van der Waals surface area (Å²) in [6.45, 7) is 16.1. The molecular formula is C31H34Cl4N2O3. The Balaban J connectivity index is 2.13. The van der Waals surface area contributed by atoms with Crippen LogP contribution in [0.15, 0.2) is 36.4 Å². The van der Waals surface area contributed by atoms with E-state index in [-0.39, 0.29) is 25.7 Å². The number of fused-ring (bicyclic) bond motifs is 1. The Morgan fingerprint density at radius 1 is 0.750 bits per heavy atom. The summed E-state index contributed by atoms with van der Waals surface area (Å²) in [6.07, 6.45) is 0. The monoisotopic (exact) mass is 622 g/mol. The maximum Gasteiger partial charge on any atom is 0.341 e. The molecule has 3 aromatic rings. The van der Waals surface area contributed by atoms with Gasteiger partial charge in [-0.25, -0.2) is 4.79 Å². The minimum absolute atomic E-state index is 0.00748. The van der Waals surface area contributed by atoms with Gasteiger partial charge in [0.15, 0.2) is 5.60 Å². The summed E-state index contributed by atoms with van der Waals surface area (Å²) < 4.78 is 12.6. The third-order valence-electron chi connectivity index (χ3n) is 7.56. The summed E-state index contributed by atoms with van der Waals surface area (Å²) in [5.74, 6) is -0.0685. The van der Waals surface area contributed by atoms with E-state index in [2.05, 4.69) is 43.6 Å². The summed E-state index contributed by atoms with van der Waals surface area (Å²) in [4.78, 5) is 18.1. The lowest BCUT2D eigenvalue weighted by atomic mass is 9.77. The maximum absolute atomic E-state index is 13.7. The Morgan fingerprint density at radius 2 is 1.27 bits per heavy atom. The first-order chi connectivity index (χ1) is 19.1. The molecule has 9 heteroatoms. The van der Waals surface area contributed by atoms with Crippen LogP contribution in [-0.2, 0) is 10.3 Å². The molecule has 1 atom stereocenters. The minimum atomic E-state index is -1.49. The van der Waals surface area contributed by atoms with E-state index >= 15 is 0 Å². The van der Waals surface area contributed by atoms with Gasteiger partial charge in [-0.15, -0.1) is 0 Å². The van der Waals surface area contributed by atoms with E-state index in [1.165, 1.54) is 0 Å². The van der Waals surface area contributed by atoms with E-state index in [4.69, 9.17) is 55.9 Å². The van der Waals surface area contributed by atoms with Crippen LogP contribution in [-0.4, -0.2) is 38.8 Å². The fourth-order valence-electron chi connectivity index (χ4n) is 5.61. The molecular weight excluding hydrogens is 590 g/mol. The number of halogens is 4. The molecule has 0 bridgehead atoms. The van der Waals surface area contributed by atoms with Crippen LogP contribution in [0.4, 0.5) is 11.4 Å². The highest BCUT2D eigenvalue weighted by atomic mass is 35.5. The molecule has 1 aliphatic heterocycles. The van der Waals surface area contributed by atoms with E-state index in [0.29, 0.717) is 23.5 Å². The highest BCUT2D eigenvalue weighted by Crippen LogP contribution is 2.57. The van der Waals surface area contributed by atoms with E-state index in [9.17, 15) is 4.79 Å². The van der Waals surface area contributed by atoms with Crippen molar-refractivity contribution in [2.45, 2.75) is 47.1 Å². The van der Waals surface area contributed by atoms with Crippen LogP contribution in [0.5, 0.6) is 5.75 Å². The third kappa shape index (κ3) is 4.89. The average molecular weight is 624 g/mol. The number of benzene rings is 3. The summed E-state index contributed by atoms with van der Waals surface area (Å²) in [5, 5.41) is 0.188. The molecule has 0 spiro atoms. The van der Waals surface area contributed by atoms with Crippen molar-refractivity contribution in [2.75, 3.05) is 42.6 Å². The number of nitrogens with zero attached hydrogens (tertiary/aromatic N) is 2. The molecule has 0 radical (unpaired) electrons. The lowest BCUT2D eigenvalue weighted by Crippen LogP contribution is -2.32. The molecule has 1 aliphatic rings. The van der Waals surface area contributed by atoms with Crippen LogP contribution in [0.3, 0.4) is 0 Å². The predicted molar refractivity (Wildman–Crippen MR) is 168 cm³/mol. The molecule has 5 nitrogen and oxygen atoms in total. The number of aryl methyl sites for hydroxylation is 1. The van der Waals surface area contributed by atoms with Crippen LogP contribution >= 0.6 is 46.4 Å². The molecule has 1 heterocycles. The van der Waals surface area contributed by atoms with Crippen molar-refractivity contribution in [1.29, 1.82) is 0 Å². The molecule has 0 aliphatic carbocycles. The number of carbonyl (C=O) groups is 1. The van der Waals surface area contributed by atoms with Crippen LogP contribution in [0, 0.1) is 6.92 Å². The fraction of sp³-hybridized carbons (Fsp3) is 0.387. The molecule has 0 amide bonds. The average Bonchev–Trinajstić information content (AvgIpc) is 3.25. The van der Waals surface area contributed by atoms with E-state index in [1.807, 2.05) is 44.2 Å². The number of hydrogen-bond acceptors (Lipinski definition) is 5. The lowest BCUT2D eigenvalue weighted by molar-refractivity contribution is 0.0243. The highest BCUT2D eigenvalue weighted by molar-refractivity contribution is 6.53. The van der Waals surface area contributed by atoms with E-state index < -0.39 is 11.6 Å². The van der Waals surface area contributed by atoms with Crippen LogP contribution in [0.1, 0.15) is 67.2 Å². The number of ether oxygens (including phenoxy) is 2. The second kappa shape index (κ2) is 12.3. The Hall–Kier alpha value is -2.31. The lowest BCUT2D eigenvalue weighted by Gasteiger charge is -2.35. The van der Waals surface area contributed by atoms with Crippen molar-refractivity contribution >= 4 is 63.7 Å². The fourth-order valence-corrected chi connectivity index (χ4v) is 6.67. The van der Waals surface area contributed by atoms with Gasteiger partial charge < -0.3 is 19.3 Å². The molecule has 214 valence electrons. The highest BCUT2D eigenvalue weighted by Gasteiger charge is 2.54. The molecule has 0 N–H and O–H groups in total. The van der Waals surface area contributed by atoms with E-state index in [1.54, 1.807) is 0 Å². The van der Waals surface area contributed by atoms with Crippen molar-refractivity contribution in [1.82, 2.24) is 0 Å². The predicted octanol–water partition coefficient (Wildman–Crippen LogP) is 9.16. The summed E-state index contributed by atoms with van der Waals surface area (Å²) in [7, 11) is 0. The van der Waals surface area contributed by atoms with Crippen molar-refractivity contribution in [3.8, 4) is 5.75 Å². The zero-order chi connectivity index (χ0) is 29.4. The van der Waals surface area contributed by atoms with Crippen molar-refractivity contribution in [2.24, 2.45) is 0 Å². The zero-order valence-corrected chi connectivity index (χ0v) is 26.7. The number of esters is 1. The zero-order valence-electron chi connectivity index (χ0n) is 23.6. The smallest absolute Gasteiger partial charge is 0.341 e. The molecule has 0 saturated heterocycles. The number of cyclic esters (lactones) is 1. The van der Waals surface area contributed by atoms with Crippen molar-refractivity contribution in [3.05, 3.63) is 84.3 Å². The molecule has 0 aromatic heterocycles. The van der Waals surface area contributed by atoms with Crippen molar-refractivity contribution in [3.63, 3.8) is 0 Å². The van der Waals surface area contributed by atoms with Crippen LogP contribution in [0.2, 0.25) is 20.1 Å². The normalized spacial score (nSPS) is 16.1. The van der Waals surface area contributed by atoms with Crippen LogP contribution < -0.4 is 14.5 Å². The first kappa shape index (κ1) is 30.6. The molecule has 1 unspecified atom stereocenters. The van der Waals surface area contributed by atoms with Crippen LogP contribution in [0.25, 0.3) is 0 Å². The van der Waals surface area contributed by atoms with Gasteiger partial charge in [0.1, 0.15) is 5.75 Å². The summed E-state index contributed by atoms with van der Waals surface area (Å²) in [5.41, 5.74) is 3.26. The van der Waals surface area contributed by atoms with Gasteiger partial charge in [0, 0.05) is 60.3 Å². The van der Waals surface area contributed by atoms with Gasteiger partial charge >= 0.3 is 5.97 Å². The third-order valence-corrected chi connectivity index (χ3v) is 9.36. The molecule has 0 saturated carbocycles. The molecule has 40 heavy (non-hydrogen) atoms. The topological polar surface area (TPSA) is 42.0 Å². The Bertz CT molecular complexity index is 1440. The Morgan fingerprint density at radius 3 is 1.80 bits per heavy atom.